The first-order valence-electron chi connectivity index (χ1n) is 11.2. The number of amides is 1. The molecule has 0 unspecified atom stereocenters. The number of anilines is 2. The van der Waals surface area contributed by atoms with E-state index in [4.69, 9.17) is 5.73 Å². The maximum atomic E-state index is 12.7. The second-order valence-corrected chi connectivity index (χ2v) is 10.7. The lowest BCUT2D eigenvalue weighted by atomic mass is 10.0. The number of carbonyl (C=O) groups is 1. The normalized spacial score (nSPS) is 19.4. The Morgan fingerprint density at radius 2 is 2.03 bits per heavy atom. The molecule has 10 nitrogen and oxygen atoms in total. The maximum Gasteiger partial charge on any atom is 0.251 e. The molecule has 0 aliphatic carbocycles. The minimum atomic E-state index is -3.30. The average molecular weight is 482 g/mol. The van der Waals surface area contributed by atoms with E-state index in [0.29, 0.717) is 30.0 Å². The van der Waals surface area contributed by atoms with Gasteiger partial charge < -0.3 is 16.0 Å². The number of hydrogen-bond acceptors (Lipinski definition) is 7. The Kier molecular flexibility index (Phi) is 5.74. The van der Waals surface area contributed by atoms with E-state index < -0.39 is 10.0 Å². The molecule has 0 radical (unpaired) electrons. The number of nitrogen functional groups attached to an aromatic ring is 1. The molecule has 1 fully saturated rings. The summed E-state index contributed by atoms with van der Waals surface area (Å²) in [6.45, 7) is 2.04. The van der Waals surface area contributed by atoms with Crippen LogP contribution in [-0.4, -0.2) is 71.7 Å². The molecule has 1 atom stereocenters. The molecular weight excluding hydrogens is 454 g/mol. The molecule has 11 heteroatoms. The predicted octanol–water partition coefficient (Wildman–Crippen LogP) is 1.37. The summed E-state index contributed by atoms with van der Waals surface area (Å²) in [7, 11) is -3.30. The van der Waals surface area contributed by atoms with Gasteiger partial charge in [0, 0.05) is 37.8 Å². The van der Waals surface area contributed by atoms with Crippen LogP contribution >= 0.6 is 0 Å². The fourth-order valence-corrected chi connectivity index (χ4v) is 5.38. The van der Waals surface area contributed by atoms with Gasteiger partial charge in [0.25, 0.3) is 5.91 Å². The summed E-state index contributed by atoms with van der Waals surface area (Å²) in [4.78, 5) is 19.1. The van der Waals surface area contributed by atoms with Crippen LogP contribution in [0.2, 0.25) is 0 Å². The first-order valence-corrected chi connectivity index (χ1v) is 13.0. The molecule has 1 amide bonds. The lowest BCUT2D eigenvalue weighted by molar-refractivity contribution is 0.0933. The van der Waals surface area contributed by atoms with E-state index in [0.717, 1.165) is 36.3 Å². The van der Waals surface area contributed by atoms with Crippen molar-refractivity contribution in [3.63, 3.8) is 0 Å². The number of aromatic nitrogens is 3. The molecular formula is C23H27N7O3S. The summed E-state index contributed by atoms with van der Waals surface area (Å²) < 4.78 is 27.2. The zero-order valence-corrected chi connectivity index (χ0v) is 19.7. The number of sulfonamides is 1. The Balaban J connectivity index is 1.43. The number of hydrogen-bond donors (Lipinski definition) is 2. The van der Waals surface area contributed by atoms with E-state index in [1.807, 2.05) is 30.3 Å². The zero-order valence-electron chi connectivity index (χ0n) is 18.9. The quantitative estimate of drug-likeness (QED) is 0.564. The first kappa shape index (κ1) is 22.4. The standard InChI is InChI=1S/C23H27N7O3S/c1-34(32,33)29-11-9-17(13-29)19-12-20(21-22(24)25-15-26-30(19)21)28-10-5-8-18(14-28)27-23(31)16-6-3-2-4-7-16/h2-4,6-7,9,12,15,18H,5,8,10-11,13-14H2,1H3,(H,27,31)(H2,24,25,26)/t18-/m1/s1. The fraction of sp³-hybridized carbons (Fsp3) is 0.348. The third-order valence-electron chi connectivity index (χ3n) is 6.38. The first-order chi connectivity index (χ1) is 16.3. The van der Waals surface area contributed by atoms with E-state index in [9.17, 15) is 13.2 Å². The maximum absolute atomic E-state index is 12.7. The number of nitrogens with two attached hydrogens (primary N) is 1. The SMILES string of the molecule is CS(=O)(=O)N1CC=C(c2cc(N3CCC[C@@H](NC(=O)c4ccccc4)C3)c3c(N)ncnn23)C1. The van der Waals surface area contributed by atoms with E-state index in [2.05, 4.69) is 20.3 Å². The lowest BCUT2D eigenvalue weighted by Gasteiger charge is -2.34. The lowest BCUT2D eigenvalue weighted by Crippen LogP contribution is -2.47. The number of carbonyl (C=O) groups excluding carboxylic acids is 1. The van der Waals surface area contributed by atoms with Crippen LogP contribution in [0.15, 0.2) is 48.8 Å². The number of piperidine rings is 1. The van der Waals surface area contributed by atoms with Gasteiger partial charge in [-0.2, -0.15) is 9.40 Å². The summed E-state index contributed by atoms with van der Waals surface area (Å²) >= 11 is 0. The van der Waals surface area contributed by atoms with E-state index in [1.165, 1.54) is 16.9 Å². The largest absolute Gasteiger partial charge is 0.382 e. The molecule has 0 bridgehead atoms. The van der Waals surface area contributed by atoms with Crippen molar-refractivity contribution < 1.29 is 13.2 Å². The van der Waals surface area contributed by atoms with Gasteiger partial charge in [0.2, 0.25) is 10.0 Å². The van der Waals surface area contributed by atoms with Crippen molar-refractivity contribution in [2.75, 3.05) is 43.1 Å². The molecule has 2 aromatic heterocycles. The van der Waals surface area contributed by atoms with Crippen molar-refractivity contribution in [1.82, 2.24) is 24.2 Å². The number of rotatable bonds is 5. The molecule has 5 rings (SSSR count). The molecule has 178 valence electrons. The highest BCUT2D eigenvalue weighted by atomic mass is 32.2. The van der Waals surface area contributed by atoms with Gasteiger partial charge in [-0.25, -0.2) is 17.9 Å². The van der Waals surface area contributed by atoms with Crippen molar-refractivity contribution in [3.8, 4) is 0 Å². The summed E-state index contributed by atoms with van der Waals surface area (Å²) in [5.74, 6) is 0.264. The molecule has 0 spiro atoms. The molecule has 1 aromatic carbocycles. The Hall–Kier alpha value is -3.44. The Labute approximate surface area is 198 Å². The van der Waals surface area contributed by atoms with Gasteiger partial charge in [-0.05, 0) is 36.6 Å². The zero-order chi connectivity index (χ0) is 23.9. The Morgan fingerprint density at radius 1 is 1.24 bits per heavy atom. The van der Waals surface area contributed by atoms with Gasteiger partial charge >= 0.3 is 0 Å². The predicted molar refractivity (Wildman–Crippen MR) is 131 cm³/mol. The van der Waals surface area contributed by atoms with Gasteiger partial charge in [-0.15, -0.1) is 0 Å². The van der Waals surface area contributed by atoms with Gasteiger partial charge in [0.1, 0.15) is 11.8 Å². The van der Waals surface area contributed by atoms with Crippen molar-refractivity contribution in [1.29, 1.82) is 0 Å². The van der Waals surface area contributed by atoms with E-state index in [-0.39, 0.29) is 18.5 Å². The molecule has 3 aromatic rings. The van der Waals surface area contributed by atoms with Crippen LogP contribution in [0, 0.1) is 0 Å². The van der Waals surface area contributed by atoms with Crippen LogP contribution in [0.4, 0.5) is 11.5 Å². The molecule has 2 aliphatic rings. The fourth-order valence-electron chi connectivity index (χ4n) is 4.66. The van der Waals surface area contributed by atoms with Gasteiger partial charge in [-0.3, -0.25) is 4.79 Å². The van der Waals surface area contributed by atoms with Gasteiger partial charge in [0.15, 0.2) is 5.82 Å². The highest BCUT2D eigenvalue weighted by Crippen LogP contribution is 2.35. The third kappa shape index (κ3) is 4.24. The van der Waals surface area contributed by atoms with Crippen LogP contribution in [0.3, 0.4) is 0 Å². The van der Waals surface area contributed by atoms with Crippen molar-refractivity contribution >= 4 is 38.5 Å². The summed E-state index contributed by atoms with van der Waals surface area (Å²) in [5.41, 5.74) is 10.1. The van der Waals surface area contributed by atoms with Crippen LogP contribution in [-0.2, 0) is 10.0 Å². The molecule has 4 heterocycles. The van der Waals surface area contributed by atoms with Gasteiger partial charge in [-0.1, -0.05) is 24.3 Å². The summed E-state index contributed by atoms with van der Waals surface area (Å²) in [6, 6.07) is 11.2. The van der Waals surface area contributed by atoms with E-state index >= 15 is 0 Å². The molecule has 3 N–H and O–H groups in total. The smallest absolute Gasteiger partial charge is 0.251 e. The summed E-state index contributed by atoms with van der Waals surface area (Å²) in [5, 5.41) is 7.56. The van der Waals surface area contributed by atoms with E-state index in [1.54, 1.807) is 16.6 Å². The molecule has 2 aliphatic heterocycles. The van der Waals surface area contributed by atoms with Crippen molar-refractivity contribution in [3.05, 3.63) is 60.1 Å². The molecule has 34 heavy (non-hydrogen) atoms. The average Bonchev–Trinajstić information content (AvgIpc) is 3.46. The summed E-state index contributed by atoms with van der Waals surface area (Å²) in [6.07, 6.45) is 6.31. The number of nitrogens with one attached hydrogen (secondary N) is 1. The number of benzene rings is 1. The van der Waals surface area contributed by atoms with Gasteiger partial charge in [0.05, 0.1) is 17.6 Å². The molecule has 0 saturated carbocycles. The van der Waals surface area contributed by atoms with Crippen LogP contribution in [0.25, 0.3) is 11.1 Å². The highest BCUT2D eigenvalue weighted by Gasteiger charge is 2.29. The number of fused-ring (bicyclic) bond motifs is 1. The van der Waals surface area contributed by atoms with Crippen molar-refractivity contribution in [2.24, 2.45) is 0 Å². The monoisotopic (exact) mass is 481 g/mol. The highest BCUT2D eigenvalue weighted by molar-refractivity contribution is 7.88. The minimum Gasteiger partial charge on any atom is -0.382 e. The van der Waals surface area contributed by atoms with Crippen LogP contribution in [0.5, 0.6) is 0 Å². The molecule has 1 saturated heterocycles. The van der Waals surface area contributed by atoms with Crippen LogP contribution < -0.4 is 16.0 Å². The van der Waals surface area contributed by atoms with Crippen LogP contribution in [0.1, 0.15) is 28.9 Å². The second kappa shape index (κ2) is 8.73. The third-order valence-corrected chi connectivity index (χ3v) is 7.60. The second-order valence-electron chi connectivity index (χ2n) is 8.73. The van der Waals surface area contributed by atoms with Crippen molar-refractivity contribution in [2.45, 2.75) is 18.9 Å². The number of nitrogens with zero attached hydrogens (tertiary/aromatic N) is 5. The minimum absolute atomic E-state index is 0.0165. The topological polar surface area (TPSA) is 126 Å². The Morgan fingerprint density at radius 3 is 2.76 bits per heavy atom. The Bertz CT molecular complexity index is 1370.